The SMILES string of the molecule is C[C@H]1COCCN1C(=O)CC(C)(C)C. The van der Waals surface area contributed by atoms with Gasteiger partial charge in [0.15, 0.2) is 0 Å². The highest BCUT2D eigenvalue weighted by Gasteiger charge is 2.26. The summed E-state index contributed by atoms with van der Waals surface area (Å²) >= 11 is 0. The third-order valence-corrected chi connectivity index (χ3v) is 2.37. The molecule has 1 rings (SSSR count). The van der Waals surface area contributed by atoms with E-state index in [1.165, 1.54) is 0 Å². The number of nitrogens with zero attached hydrogens (tertiary/aromatic N) is 1. The van der Waals surface area contributed by atoms with Crippen molar-refractivity contribution >= 4 is 5.91 Å². The van der Waals surface area contributed by atoms with Gasteiger partial charge in [-0.3, -0.25) is 4.79 Å². The van der Waals surface area contributed by atoms with Crippen LogP contribution in [0.1, 0.15) is 34.1 Å². The lowest BCUT2D eigenvalue weighted by Gasteiger charge is -2.35. The van der Waals surface area contributed by atoms with Gasteiger partial charge in [-0.1, -0.05) is 20.8 Å². The summed E-state index contributed by atoms with van der Waals surface area (Å²) in [7, 11) is 0. The van der Waals surface area contributed by atoms with Gasteiger partial charge in [0, 0.05) is 13.0 Å². The first kappa shape index (κ1) is 11.5. The molecule has 14 heavy (non-hydrogen) atoms. The van der Waals surface area contributed by atoms with Crippen LogP contribution in [0.2, 0.25) is 0 Å². The van der Waals surface area contributed by atoms with Gasteiger partial charge >= 0.3 is 0 Å². The highest BCUT2D eigenvalue weighted by atomic mass is 16.5. The van der Waals surface area contributed by atoms with Gasteiger partial charge in [-0.15, -0.1) is 0 Å². The molecule has 1 fully saturated rings. The van der Waals surface area contributed by atoms with Gasteiger partial charge in [-0.2, -0.15) is 0 Å². The van der Waals surface area contributed by atoms with Crippen LogP contribution in [0.25, 0.3) is 0 Å². The van der Waals surface area contributed by atoms with E-state index in [2.05, 4.69) is 20.8 Å². The van der Waals surface area contributed by atoms with Crippen LogP contribution in [0.3, 0.4) is 0 Å². The fourth-order valence-electron chi connectivity index (χ4n) is 1.65. The number of carbonyl (C=O) groups excluding carboxylic acids is 1. The summed E-state index contributed by atoms with van der Waals surface area (Å²) in [5.41, 5.74) is 0.0785. The second kappa shape index (κ2) is 4.30. The Balaban J connectivity index is 2.50. The van der Waals surface area contributed by atoms with Crippen molar-refractivity contribution in [3.05, 3.63) is 0 Å². The molecule has 0 aliphatic carbocycles. The summed E-state index contributed by atoms with van der Waals surface area (Å²) < 4.78 is 5.30. The fourth-order valence-corrected chi connectivity index (χ4v) is 1.65. The Morgan fingerprint density at radius 1 is 1.50 bits per heavy atom. The predicted molar refractivity (Wildman–Crippen MR) is 56.1 cm³/mol. The van der Waals surface area contributed by atoms with E-state index in [1.807, 2.05) is 11.8 Å². The Morgan fingerprint density at radius 3 is 2.64 bits per heavy atom. The van der Waals surface area contributed by atoms with Gasteiger partial charge in [0.1, 0.15) is 0 Å². The second-order valence-corrected chi connectivity index (χ2v) is 5.25. The zero-order valence-electron chi connectivity index (χ0n) is 9.67. The van der Waals surface area contributed by atoms with E-state index < -0.39 is 0 Å². The third-order valence-electron chi connectivity index (χ3n) is 2.37. The number of hydrogen-bond acceptors (Lipinski definition) is 2. The van der Waals surface area contributed by atoms with Crippen LogP contribution in [-0.2, 0) is 9.53 Å². The fraction of sp³-hybridized carbons (Fsp3) is 0.909. The van der Waals surface area contributed by atoms with E-state index in [0.29, 0.717) is 19.6 Å². The van der Waals surface area contributed by atoms with Gasteiger partial charge in [-0.25, -0.2) is 0 Å². The van der Waals surface area contributed by atoms with Gasteiger partial charge < -0.3 is 9.64 Å². The molecule has 3 nitrogen and oxygen atoms in total. The maximum Gasteiger partial charge on any atom is 0.223 e. The molecule has 3 heteroatoms. The molecular weight excluding hydrogens is 178 g/mol. The number of morpholine rings is 1. The Hall–Kier alpha value is -0.570. The largest absolute Gasteiger partial charge is 0.377 e. The van der Waals surface area contributed by atoms with E-state index in [9.17, 15) is 4.79 Å². The van der Waals surface area contributed by atoms with Crippen LogP contribution in [0.4, 0.5) is 0 Å². The van der Waals surface area contributed by atoms with Gasteiger partial charge in [0.05, 0.1) is 19.3 Å². The average molecular weight is 199 g/mol. The second-order valence-electron chi connectivity index (χ2n) is 5.25. The van der Waals surface area contributed by atoms with Crippen molar-refractivity contribution < 1.29 is 9.53 Å². The first-order chi connectivity index (χ1) is 6.40. The molecule has 0 spiro atoms. The van der Waals surface area contributed by atoms with Crippen LogP contribution >= 0.6 is 0 Å². The van der Waals surface area contributed by atoms with E-state index in [1.54, 1.807) is 0 Å². The van der Waals surface area contributed by atoms with Crippen molar-refractivity contribution in [1.82, 2.24) is 4.90 Å². The van der Waals surface area contributed by atoms with Gasteiger partial charge in [-0.05, 0) is 12.3 Å². The molecule has 0 bridgehead atoms. The Morgan fingerprint density at radius 2 is 2.14 bits per heavy atom. The van der Waals surface area contributed by atoms with Crippen LogP contribution in [0.5, 0.6) is 0 Å². The first-order valence-corrected chi connectivity index (χ1v) is 5.27. The Bertz CT molecular complexity index is 208. The minimum absolute atomic E-state index is 0.0785. The summed E-state index contributed by atoms with van der Waals surface area (Å²) in [5, 5.41) is 0. The predicted octanol–water partition coefficient (Wildman–Crippen LogP) is 1.67. The zero-order chi connectivity index (χ0) is 10.8. The minimum Gasteiger partial charge on any atom is -0.377 e. The number of rotatable bonds is 1. The Kier molecular flexibility index (Phi) is 3.53. The number of amides is 1. The van der Waals surface area contributed by atoms with Crippen LogP contribution < -0.4 is 0 Å². The molecule has 1 aliphatic heterocycles. The molecule has 0 aromatic carbocycles. The Labute approximate surface area is 86.4 Å². The molecule has 1 aliphatic rings. The molecule has 0 radical (unpaired) electrons. The highest BCUT2D eigenvalue weighted by molar-refractivity contribution is 5.77. The maximum atomic E-state index is 11.9. The number of carbonyl (C=O) groups is 1. The quantitative estimate of drug-likeness (QED) is 0.643. The van der Waals surface area contributed by atoms with E-state index >= 15 is 0 Å². The minimum atomic E-state index is 0.0785. The summed E-state index contributed by atoms with van der Waals surface area (Å²) in [4.78, 5) is 13.8. The van der Waals surface area contributed by atoms with Crippen molar-refractivity contribution in [2.75, 3.05) is 19.8 Å². The van der Waals surface area contributed by atoms with Crippen molar-refractivity contribution in [3.8, 4) is 0 Å². The molecule has 0 saturated carbocycles. The van der Waals surface area contributed by atoms with Crippen molar-refractivity contribution in [2.24, 2.45) is 5.41 Å². The normalized spacial score (nSPS) is 23.7. The zero-order valence-corrected chi connectivity index (χ0v) is 9.67. The van der Waals surface area contributed by atoms with E-state index in [4.69, 9.17) is 4.74 Å². The lowest BCUT2D eigenvalue weighted by Crippen LogP contribution is -2.47. The van der Waals surface area contributed by atoms with Crippen molar-refractivity contribution in [3.63, 3.8) is 0 Å². The molecule has 1 heterocycles. The summed E-state index contributed by atoms with van der Waals surface area (Å²) in [6.07, 6.45) is 0.622. The van der Waals surface area contributed by atoms with Crippen molar-refractivity contribution in [2.45, 2.75) is 40.2 Å². The monoisotopic (exact) mass is 199 g/mol. The van der Waals surface area contributed by atoms with Crippen LogP contribution in [-0.4, -0.2) is 36.6 Å². The van der Waals surface area contributed by atoms with Crippen LogP contribution in [0.15, 0.2) is 0 Å². The molecule has 0 unspecified atom stereocenters. The smallest absolute Gasteiger partial charge is 0.223 e. The molecule has 0 aromatic heterocycles. The van der Waals surface area contributed by atoms with E-state index in [-0.39, 0.29) is 17.4 Å². The summed E-state index contributed by atoms with van der Waals surface area (Å²) in [6.45, 7) is 10.4. The molecule has 1 saturated heterocycles. The third kappa shape index (κ3) is 3.29. The molecule has 82 valence electrons. The molecule has 0 aromatic rings. The lowest BCUT2D eigenvalue weighted by atomic mass is 9.91. The first-order valence-electron chi connectivity index (χ1n) is 5.27. The summed E-state index contributed by atoms with van der Waals surface area (Å²) in [6, 6.07) is 0.235. The molecule has 1 atom stereocenters. The van der Waals surface area contributed by atoms with Gasteiger partial charge in [0.25, 0.3) is 0 Å². The standard InChI is InChI=1S/C11H21NO2/c1-9-8-14-6-5-12(9)10(13)7-11(2,3)4/h9H,5-8H2,1-4H3/t9-/m0/s1. The maximum absolute atomic E-state index is 11.9. The molecule has 1 amide bonds. The topological polar surface area (TPSA) is 29.5 Å². The number of hydrogen-bond donors (Lipinski definition) is 0. The molecular formula is C11H21NO2. The van der Waals surface area contributed by atoms with E-state index in [0.717, 1.165) is 6.54 Å². The molecule has 0 N–H and O–H groups in total. The lowest BCUT2D eigenvalue weighted by molar-refractivity contribution is -0.141. The number of ether oxygens (including phenoxy) is 1. The van der Waals surface area contributed by atoms with Gasteiger partial charge in [0.2, 0.25) is 5.91 Å². The summed E-state index contributed by atoms with van der Waals surface area (Å²) in [5.74, 6) is 0.258. The van der Waals surface area contributed by atoms with Crippen LogP contribution in [0, 0.1) is 5.41 Å². The average Bonchev–Trinajstić information content (AvgIpc) is 2.01. The van der Waals surface area contributed by atoms with Crippen molar-refractivity contribution in [1.29, 1.82) is 0 Å². The highest BCUT2D eigenvalue weighted by Crippen LogP contribution is 2.21.